The Hall–Kier alpha value is -2.83. The van der Waals surface area contributed by atoms with E-state index in [9.17, 15) is 9.59 Å². The van der Waals surface area contributed by atoms with Crippen LogP contribution in [0.2, 0.25) is 0 Å². The number of carboxylic acids is 1. The lowest BCUT2D eigenvalue weighted by Gasteiger charge is -2.09. The van der Waals surface area contributed by atoms with Crippen molar-refractivity contribution in [3.63, 3.8) is 0 Å². The van der Waals surface area contributed by atoms with E-state index in [4.69, 9.17) is 9.84 Å². The first-order valence-corrected chi connectivity index (χ1v) is 5.76. The monoisotopic (exact) mass is 275 g/mol. The van der Waals surface area contributed by atoms with Gasteiger partial charge >= 0.3 is 5.97 Å². The van der Waals surface area contributed by atoms with Crippen LogP contribution < -0.4 is 15.6 Å². The highest BCUT2D eigenvalue weighted by Gasteiger charge is 2.11. The maximum atomic E-state index is 11.3. The van der Waals surface area contributed by atoms with E-state index in [1.54, 1.807) is 13.0 Å². The molecule has 104 valence electrons. The van der Waals surface area contributed by atoms with Gasteiger partial charge in [0, 0.05) is 17.8 Å². The second-order valence-corrected chi connectivity index (χ2v) is 4.06. The Bertz CT molecular complexity index is 709. The summed E-state index contributed by atoms with van der Waals surface area (Å²) in [5.41, 5.74) is 0.367. The maximum Gasteiger partial charge on any atom is 0.339 e. The van der Waals surface area contributed by atoms with Crippen LogP contribution in [-0.4, -0.2) is 28.2 Å². The zero-order chi connectivity index (χ0) is 14.7. The van der Waals surface area contributed by atoms with E-state index >= 15 is 0 Å². The number of carbonyl (C=O) groups is 1. The van der Waals surface area contributed by atoms with Crippen LogP contribution in [0.15, 0.2) is 29.1 Å². The van der Waals surface area contributed by atoms with Crippen LogP contribution in [0.5, 0.6) is 5.75 Å². The summed E-state index contributed by atoms with van der Waals surface area (Å²) >= 11 is 0. The van der Waals surface area contributed by atoms with E-state index < -0.39 is 5.97 Å². The summed E-state index contributed by atoms with van der Waals surface area (Å²) in [5, 5.41) is 11.9. The zero-order valence-corrected chi connectivity index (χ0v) is 10.9. The van der Waals surface area contributed by atoms with Gasteiger partial charge in [-0.3, -0.25) is 4.79 Å². The van der Waals surface area contributed by atoms with E-state index in [2.05, 4.69) is 15.3 Å². The molecule has 0 saturated heterocycles. The van der Waals surface area contributed by atoms with Crippen LogP contribution >= 0.6 is 0 Å². The second kappa shape index (κ2) is 5.43. The molecule has 2 rings (SSSR count). The molecule has 1 aromatic carbocycles. The number of carboxylic acid groups (broad SMARTS) is 1. The molecule has 0 aliphatic carbocycles. The van der Waals surface area contributed by atoms with Gasteiger partial charge in [-0.15, -0.1) is 0 Å². The minimum Gasteiger partial charge on any atom is -0.496 e. The summed E-state index contributed by atoms with van der Waals surface area (Å²) in [6.07, 6.45) is 0. The number of benzene rings is 1. The predicted molar refractivity (Wildman–Crippen MR) is 72.8 cm³/mol. The molecular weight excluding hydrogens is 262 g/mol. The summed E-state index contributed by atoms with van der Waals surface area (Å²) in [6, 6.07) is 5.83. The number of hydrogen-bond acceptors (Lipinski definition) is 5. The second-order valence-electron chi connectivity index (χ2n) is 4.06. The van der Waals surface area contributed by atoms with Gasteiger partial charge < -0.3 is 20.1 Å². The number of aromatic carboxylic acids is 1. The van der Waals surface area contributed by atoms with Gasteiger partial charge in [-0.05, 0) is 19.1 Å². The van der Waals surface area contributed by atoms with E-state index in [0.717, 1.165) is 0 Å². The van der Waals surface area contributed by atoms with Crippen molar-refractivity contribution in [2.75, 3.05) is 12.4 Å². The van der Waals surface area contributed by atoms with Crippen molar-refractivity contribution in [2.45, 2.75) is 6.92 Å². The topological polar surface area (TPSA) is 104 Å². The third-order valence-corrected chi connectivity index (χ3v) is 2.56. The van der Waals surface area contributed by atoms with Crippen LogP contribution in [0.25, 0.3) is 0 Å². The quantitative estimate of drug-likeness (QED) is 0.781. The number of anilines is 2. The molecule has 0 spiro atoms. The normalized spacial score (nSPS) is 10.1. The summed E-state index contributed by atoms with van der Waals surface area (Å²) in [6.45, 7) is 1.67. The number of H-pyrrole nitrogens is 1. The fraction of sp³-hybridized carbons (Fsp3) is 0.154. The Kier molecular flexibility index (Phi) is 3.69. The fourth-order valence-corrected chi connectivity index (χ4v) is 1.74. The van der Waals surface area contributed by atoms with Crippen molar-refractivity contribution < 1.29 is 14.6 Å². The van der Waals surface area contributed by atoms with E-state index in [1.807, 2.05) is 0 Å². The lowest BCUT2D eigenvalue weighted by molar-refractivity contribution is 0.0693. The number of methoxy groups -OCH3 is 1. The van der Waals surface area contributed by atoms with Crippen LogP contribution in [-0.2, 0) is 0 Å². The molecule has 7 heteroatoms. The molecule has 20 heavy (non-hydrogen) atoms. The molecule has 0 fully saturated rings. The molecule has 7 nitrogen and oxygen atoms in total. The minimum absolute atomic E-state index is 0.0631. The van der Waals surface area contributed by atoms with Gasteiger partial charge in [0.25, 0.3) is 5.56 Å². The lowest BCUT2D eigenvalue weighted by Crippen LogP contribution is -2.10. The first-order valence-electron chi connectivity index (χ1n) is 5.76. The van der Waals surface area contributed by atoms with E-state index in [-0.39, 0.29) is 16.9 Å². The standard InChI is InChI=1S/C13H13N3O4/c1-7-14-11(6-12(17)15-7)16-8-3-4-9(13(18)19)10(5-8)20-2/h3-6H,1-2H3,(H,18,19)(H2,14,15,16,17). The van der Waals surface area contributed by atoms with Crippen molar-refractivity contribution in [3.05, 3.63) is 46.0 Å². The molecule has 0 radical (unpaired) electrons. The van der Waals surface area contributed by atoms with Crippen LogP contribution in [0.4, 0.5) is 11.5 Å². The fourth-order valence-electron chi connectivity index (χ4n) is 1.74. The maximum absolute atomic E-state index is 11.3. The highest BCUT2D eigenvalue weighted by molar-refractivity contribution is 5.91. The van der Waals surface area contributed by atoms with E-state index in [1.165, 1.54) is 25.3 Å². The number of nitrogens with one attached hydrogen (secondary N) is 2. The number of ether oxygens (including phenoxy) is 1. The largest absolute Gasteiger partial charge is 0.496 e. The Morgan fingerprint density at radius 3 is 2.75 bits per heavy atom. The first kappa shape index (κ1) is 13.6. The smallest absolute Gasteiger partial charge is 0.339 e. The van der Waals surface area contributed by atoms with Crippen molar-refractivity contribution in [1.82, 2.24) is 9.97 Å². The number of aryl methyl sites for hydroxylation is 1. The molecule has 2 aromatic rings. The average Bonchev–Trinajstić information content (AvgIpc) is 2.37. The molecule has 1 aromatic heterocycles. The molecule has 0 saturated carbocycles. The van der Waals surface area contributed by atoms with Crippen LogP contribution in [0.1, 0.15) is 16.2 Å². The average molecular weight is 275 g/mol. The molecule has 0 aliphatic heterocycles. The molecule has 0 atom stereocenters. The van der Waals surface area contributed by atoms with Crippen molar-refractivity contribution in [2.24, 2.45) is 0 Å². The molecule has 0 unspecified atom stereocenters. The van der Waals surface area contributed by atoms with Crippen molar-refractivity contribution in [3.8, 4) is 5.75 Å². The Labute approximate surface area is 114 Å². The Morgan fingerprint density at radius 2 is 2.15 bits per heavy atom. The third-order valence-electron chi connectivity index (χ3n) is 2.56. The predicted octanol–water partition coefficient (Wildman–Crippen LogP) is 1.53. The van der Waals surface area contributed by atoms with Gasteiger partial charge in [-0.2, -0.15) is 0 Å². The summed E-state index contributed by atoms with van der Waals surface area (Å²) in [4.78, 5) is 29.0. The molecular formula is C13H13N3O4. The SMILES string of the molecule is COc1cc(Nc2cc(=O)[nH]c(C)n2)ccc1C(=O)O. The third kappa shape index (κ3) is 2.94. The number of aromatic amines is 1. The molecule has 0 bridgehead atoms. The number of hydrogen-bond donors (Lipinski definition) is 3. The van der Waals surface area contributed by atoms with Gasteiger partial charge in [0.2, 0.25) is 0 Å². The number of rotatable bonds is 4. The Morgan fingerprint density at radius 1 is 1.40 bits per heavy atom. The summed E-state index contributed by atoms with van der Waals surface area (Å²) in [5.74, 6) is 0.00749. The summed E-state index contributed by atoms with van der Waals surface area (Å²) in [7, 11) is 1.39. The molecule has 3 N–H and O–H groups in total. The lowest BCUT2D eigenvalue weighted by atomic mass is 10.2. The highest BCUT2D eigenvalue weighted by atomic mass is 16.5. The van der Waals surface area contributed by atoms with Gasteiger partial charge in [0.15, 0.2) is 0 Å². The molecule has 0 amide bonds. The van der Waals surface area contributed by atoms with Crippen molar-refractivity contribution >= 4 is 17.5 Å². The van der Waals surface area contributed by atoms with Crippen molar-refractivity contribution in [1.29, 1.82) is 0 Å². The van der Waals surface area contributed by atoms with Crippen LogP contribution in [0.3, 0.4) is 0 Å². The van der Waals surface area contributed by atoms with Gasteiger partial charge in [-0.25, -0.2) is 9.78 Å². The zero-order valence-electron chi connectivity index (χ0n) is 10.9. The van der Waals surface area contributed by atoms with Crippen LogP contribution in [0, 0.1) is 6.92 Å². The summed E-state index contributed by atoms with van der Waals surface area (Å²) < 4.78 is 5.02. The van der Waals surface area contributed by atoms with E-state index in [0.29, 0.717) is 17.3 Å². The molecule has 1 heterocycles. The first-order chi connectivity index (χ1) is 9.49. The number of nitrogens with zero attached hydrogens (tertiary/aromatic N) is 1. The van der Waals surface area contributed by atoms with Gasteiger partial charge in [0.05, 0.1) is 7.11 Å². The number of aromatic nitrogens is 2. The minimum atomic E-state index is -1.07. The Balaban J connectivity index is 2.34. The van der Waals surface area contributed by atoms with Gasteiger partial charge in [0.1, 0.15) is 23.0 Å². The highest BCUT2D eigenvalue weighted by Crippen LogP contribution is 2.24. The molecule has 0 aliphatic rings. The van der Waals surface area contributed by atoms with Gasteiger partial charge in [-0.1, -0.05) is 0 Å².